The van der Waals surface area contributed by atoms with Crippen LogP contribution in [0.25, 0.3) is 0 Å². The van der Waals surface area contributed by atoms with Crippen LogP contribution >= 0.6 is 23.2 Å². The van der Waals surface area contributed by atoms with Crippen LogP contribution in [0.5, 0.6) is 0 Å². The summed E-state index contributed by atoms with van der Waals surface area (Å²) in [4.78, 5) is 24.1. The van der Waals surface area contributed by atoms with Crippen LogP contribution in [0.4, 0.5) is 4.39 Å². The summed E-state index contributed by atoms with van der Waals surface area (Å²) in [5.41, 5.74) is 1.86. The quantitative estimate of drug-likeness (QED) is 0.654. The van der Waals surface area contributed by atoms with Crippen molar-refractivity contribution < 1.29 is 14.0 Å². The van der Waals surface area contributed by atoms with E-state index in [0.717, 1.165) is 5.56 Å². The normalized spacial score (nSPS) is 19.2. The van der Waals surface area contributed by atoms with E-state index >= 15 is 0 Å². The highest BCUT2D eigenvalue weighted by molar-refractivity contribution is 6.31. The first-order valence-corrected chi connectivity index (χ1v) is 10.1. The minimum absolute atomic E-state index is 0.0520. The summed E-state index contributed by atoms with van der Waals surface area (Å²) < 4.78 is 14.4. The number of carbonyl (C=O) groups is 2. The highest BCUT2D eigenvalue weighted by atomic mass is 35.5. The van der Waals surface area contributed by atoms with E-state index in [1.165, 1.54) is 6.07 Å². The topological polar surface area (TPSA) is 70.2 Å². The van der Waals surface area contributed by atoms with Crippen molar-refractivity contribution in [3.63, 3.8) is 0 Å². The van der Waals surface area contributed by atoms with Crippen LogP contribution in [-0.4, -0.2) is 11.8 Å². The maximum absolute atomic E-state index is 14.4. The van der Waals surface area contributed by atoms with Gasteiger partial charge in [-0.1, -0.05) is 49.2 Å². The van der Waals surface area contributed by atoms with Gasteiger partial charge in [-0.2, -0.15) is 0 Å². The first-order valence-electron chi connectivity index (χ1n) is 9.31. The summed E-state index contributed by atoms with van der Waals surface area (Å²) in [6, 6.07) is 9.22. The summed E-state index contributed by atoms with van der Waals surface area (Å²) >= 11 is 12.2. The molecule has 2 atom stereocenters. The maximum Gasteiger partial charge on any atom is 0.223 e. The fourth-order valence-corrected chi connectivity index (χ4v) is 3.56. The molecule has 5 nitrogen and oxygen atoms in total. The van der Waals surface area contributed by atoms with Crippen LogP contribution in [-0.2, 0) is 16.1 Å². The number of nitrogens with one attached hydrogen (secondary N) is 3. The lowest BCUT2D eigenvalue weighted by Gasteiger charge is -2.33. The van der Waals surface area contributed by atoms with E-state index in [-0.39, 0.29) is 24.2 Å². The van der Waals surface area contributed by atoms with Gasteiger partial charge in [-0.25, -0.2) is 4.39 Å². The molecule has 29 heavy (non-hydrogen) atoms. The Hall–Kier alpha value is -2.15. The van der Waals surface area contributed by atoms with Gasteiger partial charge in [-0.15, -0.1) is 0 Å². The van der Waals surface area contributed by atoms with Gasteiger partial charge in [-0.05, 0) is 29.8 Å². The molecule has 3 rings (SSSR count). The highest BCUT2D eigenvalue weighted by Gasteiger charge is 2.30. The lowest BCUT2D eigenvalue weighted by molar-refractivity contribution is -0.125. The largest absolute Gasteiger partial charge is 0.352 e. The van der Waals surface area contributed by atoms with Crippen LogP contribution < -0.4 is 16.0 Å². The standard InChI is InChI=1S/C21H22Cl2FN3O2/c1-11(2)21(29)25-10-12-3-6-16(23)15(7-12)20-26-18(9-19(28)27-20)14-5-4-13(22)8-17(14)24/h3-8,11,18,20,26H,9-10H2,1-2H3,(H,25,29)(H,27,28). The number of rotatable bonds is 5. The second-order valence-electron chi connectivity index (χ2n) is 7.32. The van der Waals surface area contributed by atoms with E-state index in [9.17, 15) is 14.0 Å². The fraction of sp³-hybridized carbons (Fsp3) is 0.333. The zero-order valence-corrected chi connectivity index (χ0v) is 17.6. The van der Waals surface area contributed by atoms with Crippen LogP contribution in [0.1, 0.15) is 49.2 Å². The molecular formula is C21H22Cl2FN3O2. The average Bonchev–Trinajstić information content (AvgIpc) is 2.66. The second kappa shape index (κ2) is 9.11. The lowest BCUT2D eigenvalue weighted by Crippen LogP contribution is -2.47. The molecule has 0 spiro atoms. The Balaban J connectivity index is 1.82. The van der Waals surface area contributed by atoms with Crippen molar-refractivity contribution >= 4 is 35.0 Å². The Bertz CT molecular complexity index is 936. The van der Waals surface area contributed by atoms with Gasteiger partial charge in [-0.3, -0.25) is 14.9 Å². The van der Waals surface area contributed by atoms with Gasteiger partial charge >= 0.3 is 0 Å². The van der Waals surface area contributed by atoms with E-state index in [1.54, 1.807) is 18.2 Å². The summed E-state index contributed by atoms with van der Waals surface area (Å²) in [5, 5.41) is 9.69. The minimum Gasteiger partial charge on any atom is -0.352 e. The van der Waals surface area contributed by atoms with Crippen LogP contribution in [0.15, 0.2) is 36.4 Å². The highest BCUT2D eigenvalue weighted by Crippen LogP contribution is 2.31. The Morgan fingerprint density at radius 3 is 2.66 bits per heavy atom. The van der Waals surface area contributed by atoms with Crippen LogP contribution in [0.2, 0.25) is 10.0 Å². The maximum atomic E-state index is 14.4. The molecule has 0 radical (unpaired) electrons. The Morgan fingerprint density at radius 1 is 1.21 bits per heavy atom. The monoisotopic (exact) mass is 437 g/mol. The van der Waals surface area contributed by atoms with Crippen LogP contribution in [0.3, 0.4) is 0 Å². The first kappa shape index (κ1) is 21.6. The molecule has 1 heterocycles. The lowest BCUT2D eigenvalue weighted by atomic mass is 9.98. The number of benzene rings is 2. The molecule has 3 N–H and O–H groups in total. The molecule has 0 aliphatic carbocycles. The molecule has 2 aromatic rings. The van der Waals surface area contributed by atoms with Crippen molar-refractivity contribution in [2.24, 2.45) is 5.92 Å². The predicted molar refractivity (Wildman–Crippen MR) is 111 cm³/mol. The molecule has 154 valence electrons. The van der Waals surface area contributed by atoms with Crippen molar-refractivity contribution in [2.45, 2.75) is 39.0 Å². The van der Waals surface area contributed by atoms with Gasteiger partial charge in [0.25, 0.3) is 0 Å². The van der Waals surface area contributed by atoms with Crippen LogP contribution in [0, 0.1) is 11.7 Å². The smallest absolute Gasteiger partial charge is 0.223 e. The zero-order chi connectivity index (χ0) is 21.1. The number of carbonyl (C=O) groups excluding carboxylic acids is 2. The van der Waals surface area contributed by atoms with E-state index in [1.807, 2.05) is 26.0 Å². The summed E-state index contributed by atoms with van der Waals surface area (Å²) in [5.74, 6) is -0.859. The summed E-state index contributed by atoms with van der Waals surface area (Å²) in [6.07, 6.45) is -0.499. The molecular weight excluding hydrogens is 416 g/mol. The third kappa shape index (κ3) is 5.26. The van der Waals surface area contributed by atoms with Gasteiger partial charge in [0.15, 0.2) is 0 Å². The predicted octanol–water partition coefficient (Wildman–Crippen LogP) is 4.25. The van der Waals surface area contributed by atoms with Crippen molar-refractivity contribution in [2.75, 3.05) is 0 Å². The van der Waals surface area contributed by atoms with Gasteiger partial charge in [0.1, 0.15) is 12.0 Å². The number of amides is 2. The number of hydrogen-bond acceptors (Lipinski definition) is 3. The van der Waals surface area contributed by atoms with Gasteiger partial charge in [0.05, 0.1) is 0 Å². The molecule has 1 fully saturated rings. The van der Waals surface area contributed by atoms with E-state index in [2.05, 4.69) is 16.0 Å². The third-order valence-corrected chi connectivity index (χ3v) is 5.34. The molecule has 1 aliphatic heterocycles. The van der Waals surface area contributed by atoms with E-state index < -0.39 is 18.0 Å². The molecule has 2 aromatic carbocycles. The zero-order valence-electron chi connectivity index (χ0n) is 16.1. The molecule has 1 aliphatic rings. The van der Waals surface area contributed by atoms with Gasteiger partial charge in [0.2, 0.25) is 11.8 Å². The van der Waals surface area contributed by atoms with E-state index in [0.29, 0.717) is 27.7 Å². The summed E-state index contributed by atoms with van der Waals surface area (Å²) in [6.45, 7) is 3.98. The molecule has 2 amide bonds. The second-order valence-corrected chi connectivity index (χ2v) is 8.16. The molecule has 8 heteroatoms. The molecule has 1 saturated heterocycles. The van der Waals surface area contributed by atoms with Crippen molar-refractivity contribution in [1.82, 2.24) is 16.0 Å². The SMILES string of the molecule is CC(C)C(=O)NCc1ccc(Cl)c(C2NC(=O)CC(c3ccc(Cl)cc3F)N2)c1. The summed E-state index contributed by atoms with van der Waals surface area (Å²) in [7, 11) is 0. The first-order chi connectivity index (χ1) is 13.7. The van der Waals surface area contributed by atoms with Gasteiger partial charge < -0.3 is 10.6 Å². The van der Waals surface area contributed by atoms with Crippen molar-refractivity contribution in [1.29, 1.82) is 0 Å². The minimum atomic E-state index is -0.593. The van der Waals surface area contributed by atoms with E-state index in [4.69, 9.17) is 23.2 Å². The third-order valence-electron chi connectivity index (χ3n) is 4.76. The molecule has 2 unspecified atom stereocenters. The Labute approximate surface area is 179 Å². The molecule has 0 aromatic heterocycles. The number of halogens is 3. The van der Waals surface area contributed by atoms with Crippen molar-refractivity contribution in [3.05, 3.63) is 69.0 Å². The average molecular weight is 438 g/mol. The number of hydrogen-bond donors (Lipinski definition) is 3. The molecule has 0 saturated carbocycles. The Kier molecular flexibility index (Phi) is 6.77. The molecule has 0 bridgehead atoms. The fourth-order valence-electron chi connectivity index (χ4n) is 3.18. The Morgan fingerprint density at radius 2 is 1.97 bits per heavy atom. The van der Waals surface area contributed by atoms with Crippen molar-refractivity contribution in [3.8, 4) is 0 Å². The van der Waals surface area contributed by atoms with Gasteiger partial charge in [0, 0.05) is 46.1 Å².